The Morgan fingerprint density at radius 3 is 2.81 bits per heavy atom. The fraction of sp³-hybridized carbons (Fsp3) is 0.333. The average molecular weight is 309 g/mol. The third-order valence-electron chi connectivity index (χ3n) is 2.58. The molecule has 0 spiro atoms. The summed E-state index contributed by atoms with van der Waals surface area (Å²) in [7, 11) is 0. The molecule has 2 aromatic rings. The summed E-state index contributed by atoms with van der Waals surface area (Å²) in [5.74, 6) is -1.04. The molecule has 0 saturated carbocycles. The second-order valence-corrected chi connectivity index (χ2v) is 5.08. The van der Waals surface area contributed by atoms with Crippen molar-refractivity contribution < 1.29 is 14.7 Å². The highest BCUT2D eigenvalue weighted by Gasteiger charge is 2.08. The van der Waals surface area contributed by atoms with E-state index >= 15 is 0 Å². The van der Waals surface area contributed by atoms with Gasteiger partial charge in [-0.15, -0.1) is 11.3 Å². The van der Waals surface area contributed by atoms with Crippen LogP contribution in [-0.4, -0.2) is 45.0 Å². The molecule has 9 heteroatoms. The Morgan fingerprint density at radius 1 is 1.33 bits per heavy atom. The van der Waals surface area contributed by atoms with Gasteiger partial charge in [-0.1, -0.05) is 0 Å². The Labute approximate surface area is 124 Å². The Bertz CT molecular complexity index is 596. The van der Waals surface area contributed by atoms with Crippen molar-refractivity contribution in [3.63, 3.8) is 0 Å². The number of nitrogens with zero attached hydrogens (tertiary/aromatic N) is 3. The summed E-state index contributed by atoms with van der Waals surface area (Å²) in [6.07, 6.45) is 4.01. The van der Waals surface area contributed by atoms with Crippen molar-refractivity contribution in [3.05, 3.63) is 34.5 Å². The van der Waals surface area contributed by atoms with Crippen LogP contribution in [0.2, 0.25) is 0 Å². The third-order valence-corrected chi connectivity index (χ3v) is 3.49. The van der Waals surface area contributed by atoms with Gasteiger partial charge < -0.3 is 15.7 Å². The van der Waals surface area contributed by atoms with E-state index in [1.54, 1.807) is 10.9 Å². The number of nitrogens with one attached hydrogen (secondary N) is 2. The first kappa shape index (κ1) is 15.0. The van der Waals surface area contributed by atoms with E-state index in [2.05, 4.69) is 20.7 Å². The second kappa shape index (κ2) is 7.39. The lowest BCUT2D eigenvalue weighted by atomic mass is 10.4. The topological polar surface area (TPSA) is 109 Å². The molecule has 3 N–H and O–H groups in total. The smallest absolute Gasteiger partial charge is 0.355 e. The molecule has 0 aliphatic heterocycles. The van der Waals surface area contributed by atoms with Gasteiger partial charge in [0.15, 0.2) is 5.69 Å². The maximum absolute atomic E-state index is 11.5. The van der Waals surface area contributed by atoms with E-state index in [4.69, 9.17) is 5.11 Å². The molecule has 2 rings (SSSR count). The second-order valence-electron chi connectivity index (χ2n) is 4.13. The predicted molar refractivity (Wildman–Crippen MR) is 76.4 cm³/mol. The molecule has 0 aliphatic rings. The molecule has 2 heterocycles. The number of urea groups is 1. The zero-order valence-corrected chi connectivity index (χ0v) is 12.0. The van der Waals surface area contributed by atoms with E-state index in [0.29, 0.717) is 31.1 Å². The fourth-order valence-corrected chi connectivity index (χ4v) is 2.36. The standard InChI is InChI=1S/C12H15N5O3S/c18-11(19)9-8-21-10(16-9)2-4-13-12(20)14-5-7-17-6-1-3-15-17/h1,3,6,8H,2,4-5,7H2,(H,18,19)(H2,13,14,20). The molecule has 0 bridgehead atoms. The van der Waals surface area contributed by atoms with Gasteiger partial charge >= 0.3 is 12.0 Å². The van der Waals surface area contributed by atoms with Crippen LogP contribution in [0.5, 0.6) is 0 Å². The molecule has 0 unspecified atom stereocenters. The number of carbonyl (C=O) groups excluding carboxylic acids is 1. The number of hydrogen-bond acceptors (Lipinski definition) is 5. The van der Waals surface area contributed by atoms with Gasteiger partial charge in [0.05, 0.1) is 11.6 Å². The monoisotopic (exact) mass is 309 g/mol. The summed E-state index contributed by atoms with van der Waals surface area (Å²) >= 11 is 1.27. The van der Waals surface area contributed by atoms with Gasteiger partial charge in [-0.05, 0) is 6.07 Å². The number of aromatic carboxylic acids is 1. The maximum atomic E-state index is 11.5. The molecule has 0 aromatic carbocycles. The van der Waals surface area contributed by atoms with E-state index in [9.17, 15) is 9.59 Å². The van der Waals surface area contributed by atoms with Gasteiger partial charge in [-0.3, -0.25) is 4.68 Å². The van der Waals surface area contributed by atoms with Crippen LogP contribution in [-0.2, 0) is 13.0 Å². The third kappa shape index (κ3) is 4.88. The number of carboxylic acids is 1. The van der Waals surface area contributed by atoms with Crippen LogP contribution in [0.15, 0.2) is 23.8 Å². The molecule has 21 heavy (non-hydrogen) atoms. The number of aromatic nitrogens is 3. The summed E-state index contributed by atoms with van der Waals surface area (Å²) < 4.78 is 1.73. The van der Waals surface area contributed by atoms with Crippen molar-refractivity contribution in [3.8, 4) is 0 Å². The lowest BCUT2D eigenvalue weighted by Gasteiger charge is -2.06. The normalized spacial score (nSPS) is 10.3. The van der Waals surface area contributed by atoms with Crippen LogP contribution in [0.4, 0.5) is 4.79 Å². The number of thiazole rings is 1. The zero-order valence-electron chi connectivity index (χ0n) is 11.2. The highest BCUT2D eigenvalue weighted by atomic mass is 32.1. The van der Waals surface area contributed by atoms with E-state index in [-0.39, 0.29) is 11.7 Å². The number of hydrogen-bond donors (Lipinski definition) is 3. The first-order chi connectivity index (χ1) is 10.1. The van der Waals surface area contributed by atoms with Crippen LogP contribution in [0, 0.1) is 0 Å². The summed E-state index contributed by atoms with van der Waals surface area (Å²) in [4.78, 5) is 26.1. The van der Waals surface area contributed by atoms with Crippen LogP contribution in [0.25, 0.3) is 0 Å². The molecule has 0 atom stereocenters. The summed E-state index contributed by atoms with van der Waals surface area (Å²) in [6.45, 7) is 1.49. The average Bonchev–Trinajstić information content (AvgIpc) is 3.09. The van der Waals surface area contributed by atoms with E-state index in [0.717, 1.165) is 0 Å². The summed E-state index contributed by atoms with van der Waals surface area (Å²) in [6, 6.07) is 1.55. The minimum absolute atomic E-state index is 0.0404. The SMILES string of the molecule is O=C(NCCc1nc(C(=O)O)cs1)NCCn1cccn1. The lowest BCUT2D eigenvalue weighted by Crippen LogP contribution is -2.38. The number of carboxylic acid groups (broad SMARTS) is 1. The van der Waals surface area contributed by atoms with Crippen LogP contribution >= 0.6 is 11.3 Å². The van der Waals surface area contributed by atoms with Gasteiger partial charge in [0.2, 0.25) is 0 Å². The molecule has 8 nitrogen and oxygen atoms in total. The largest absolute Gasteiger partial charge is 0.476 e. The number of amides is 2. The molecule has 0 saturated heterocycles. The lowest BCUT2D eigenvalue weighted by molar-refractivity contribution is 0.0691. The minimum Gasteiger partial charge on any atom is -0.476 e. The Morgan fingerprint density at radius 2 is 2.14 bits per heavy atom. The van der Waals surface area contributed by atoms with Crippen molar-refractivity contribution in [2.45, 2.75) is 13.0 Å². The van der Waals surface area contributed by atoms with Crippen LogP contribution in [0.3, 0.4) is 0 Å². The Kier molecular flexibility index (Phi) is 5.27. The molecule has 2 amide bonds. The first-order valence-corrected chi connectivity index (χ1v) is 7.20. The fourth-order valence-electron chi connectivity index (χ4n) is 1.59. The van der Waals surface area contributed by atoms with Gasteiger partial charge in [0.25, 0.3) is 0 Å². The Balaban J connectivity index is 1.61. The van der Waals surface area contributed by atoms with Gasteiger partial charge in [0, 0.05) is 37.3 Å². The van der Waals surface area contributed by atoms with Gasteiger partial charge in [-0.2, -0.15) is 5.10 Å². The molecule has 0 radical (unpaired) electrons. The van der Waals surface area contributed by atoms with Crippen LogP contribution < -0.4 is 10.6 Å². The van der Waals surface area contributed by atoms with Crippen molar-refractivity contribution in [1.29, 1.82) is 0 Å². The van der Waals surface area contributed by atoms with Crippen LogP contribution in [0.1, 0.15) is 15.5 Å². The van der Waals surface area contributed by atoms with Gasteiger partial charge in [-0.25, -0.2) is 14.6 Å². The molecule has 2 aromatic heterocycles. The molecular weight excluding hydrogens is 294 g/mol. The van der Waals surface area contributed by atoms with Crippen molar-refractivity contribution in [2.24, 2.45) is 0 Å². The maximum Gasteiger partial charge on any atom is 0.355 e. The number of rotatable bonds is 7. The molecular formula is C12H15N5O3S. The first-order valence-electron chi connectivity index (χ1n) is 6.32. The molecule has 0 aliphatic carbocycles. The predicted octanol–water partition coefficient (Wildman–Crippen LogP) is 0.580. The van der Waals surface area contributed by atoms with Crippen molar-refractivity contribution >= 4 is 23.3 Å². The summed E-state index contributed by atoms with van der Waals surface area (Å²) in [5.41, 5.74) is 0.0404. The van der Waals surface area contributed by atoms with E-state index < -0.39 is 5.97 Å². The van der Waals surface area contributed by atoms with E-state index in [1.807, 2.05) is 12.3 Å². The van der Waals surface area contributed by atoms with Crippen molar-refractivity contribution in [2.75, 3.05) is 13.1 Å². The van der Waals surface area contributed by atoms with Crippen molar-refractivity contribution in [1.82, 2.24) is 25.4 Å². The van der Waals surface area contributed by atoms with Gasteiger partial charge in [0.1, 0.15) is 0 Å². The zero-order chi connectivity index (χ0) is 15.1. The Hall–Kier alpha value is -2.42. The summed E-state index contributed by atoms with van der Waals surface area (Å²) in [5, 5.41) is 20.3. The number of carbonyl (C=O) groups is 2. The minimum atomic E-state index is -1.04. The van der Waals surface area contributed by atoms with E-state index in [1.165, 1.54) is 16.7 Å². The highest BCUT2D eigenvalue weighted by molar-refractivity contribution is 7.09. The molecule has 112 valence electrons. The quantitative estimate of drug-likeness (QED) is 0.693. The molecule has 0 fully saturated rings. The highest BCUT2D eigenvalue weighted by Crippen LogP contribution is 2.09.